The quantitative estimate of drug-likeness (QED) is 0.889. The van der Waals surface area contributed by atoms with Crippen LogP contribution in [0.1, 0.15) is 35.7 Å². The van der Waals surface area contributed by atoms with Gasteiger partial charge in [0, 0.05) is 44.0 Å². The van der Waals surface area contributed by atoms with Crippen LogP contribution in [0, 0.1) is 0 Å². The summed E-state index contributed by atoms with van der Waals surface area (Å²) in [4.78, 5) is 33.8. The van der Waals surface area contributed by atoms with Gasteiger partial charge in [0.25, 0.3) is 5.91 Å². The van der Waals surface area contributed by atoms with Crippen molar-refractivity contribution in [2.24, 2.45) is 0 Å². The van der Waals surface area contributed by atoms with Crippen LogP contribution in [0.25, 0.3) is 11.1 Å². The molecule has 1 unspecified atom stereocenters. The molecule has 0 saturated carbocycles. The summed E-state index contributed by atoms with van der Waals surface area (Å²) in [5.41, 5.74) is 3.81. The van der Waals surface area contributed by atoms with Crippen LogP contribution >= 0.6 is 0 Å². The fraction of sp³-hybridized carbons (Fsp3) is 0.409. The van der Waals surface area contributed by atoms with E-state index in [1.54, 1.807) is 9.80 Å². The molecule has 0 aliphatic carbocycles. The van der Waals surface area contributed by atoms with E-state index in [0.717, 1.165) is 36.3 Å². The van der Waals surface area contributed by atoms with E-state index >= 15 is 0 Å². The van der Waals surface area contributed by atoms with Crippen molar-refractivity contribution < 1.29 is 9.59 Å². The van der Waals surface area contributed by atoms with Crippen LogP contribution in [0.3, 0.4) is 0 Å². The first kappa shape index (κ1) is 18.5. The lowest BCUT2D eigenvalue weighted by molar-refractivity contribution is -0.138. The number of carbonyl (C=O) groups excluding carboxylic acids is 2. The van der Waals surface area contributed by atoms with Gasteiger partial charge in [0.2, 0.25) is 5.91 Å². The highest BCUT2D eigenvalue weighted by Gasteiger charge is 2.35. The molecule has 4 rings (SSSR count). The molecule has 1 aromatic heterocycles. The molecule has 3 heterocycles. The van der Waals surface area contributed by atoms with Crippen molar-refractivity contribution in [2.45, 2.75) is 32.2 Å². The first-order valence-electron chi connectivity index (χ1n) is 9.97. The molecule has 2 amide bonds. The van der Waals surface area contributed by atoms with Crippen LogP contribution in [0.4, 0.5) is 5.82 Å². The van der Waals surface area contributed by atoms with E-state index < -0.39 is 0 Å². The number of rotatable bonds is 4. The maximum atomic E-state index is 13.2. The number of hydrogen-bond donors (Lipinski definition) is 1. The third-order valence-electron chi connectivity index (χ3n) is 5.63. The fourth-order valence-electron chi connectivity index (χ4n) is 4.04. The van der Waals surface area contributed by atoms with Gasteiger partial charge in [0.05, 0.1) is 0 Å². The van der Waals surface area contributed by atoms with Crippen molar-refractivity contribution in [1.82, 2.24) is 14.8 Å². The van der Waals surface area contributed by atoms with Gasteiger partial charge in [-0.25, -0.2) is 4.98 Å². The van der Waals surface area contributed by atoms with Crippen molar-refractivity contribution in [2.75, 3.05) is 32.0 Å². The lowest BCUT2D eigenvalue weighted by atomic mass is 10.0. The highest BCUT2D eigenvalue weighted by molar-refractivity contribution is 5.99. The number of likely N-dealkylation sites (N-methyl/N-ethyl adjacent to an activating group) is 1. The monoisotopic (exact) mass is 378 g/mol. The smallest absolute Gasteiger partial charge is 0.254 e. The maximum Gasteiger partial charge on any atom is 0.254 e. The largest absolute Gasteiger partial charge is 0.370 e. The van der Waals surface area contributed by atoms with E-state index in [1.165, 1.54) is 5.56 Å². The summed E-state index contributed by atoms with van der Waals surface area (Å²) in [6, 6.07) is 9.43. The van der Waals surface area contributed by atoms with Crippen LogP contribution in [-0.2, 0) is 11.2 Å². The van der Waals surface area contributed by atoms with Crippen LogP contribution < -0.4 is 5.32 Å². The van der Waals surface area contributed by atoms with Crippen LogP contribution in [0.2, 0.25) is 0 Å². The summed E-state index contributed by atoms with van der Waals surface area (Å²) in [6.45, 7) is 4.11. The number of amides is 2. The Bertz CT molecular complexity index is 911. The minimum atomic E-state index is -0.368. The number of aromatic nitrogens is 1. The first-order valence-corrected chi connectivity index (χ1v) is 9.97. The lowest BCUT2D eigenvalue weighted by Gasteiger charge is -2.39. The van der Waals surface area contributed by atoms with Crippen LogP contribution in [0.5, 0.6) is 0 Å². The van der Waals surface area contributed by atoms with Crippen LogP contribution in [-0.4, -0.2) is 59.3 Å². The molecule has 2 aliphatic heterocycles. The number of nitrogens with one attached hydrogen (secondary N) is 1. The Labute approximate surface area is 165 Å². The summed E-state index contributed by atoms with van der Waals surface area (Å²) in [5, 5.41) is 3.27. The van der Waals surface area contributed by atoms with Gasteiger partial charge >= 0.3 is 0 Å². The van der Waals surface area contributed by atoms with Gasteiger partial charge in [-0.05, 0) is 42.2 Å². The number of piperazine rings is 1. The van der Waals surface area contributed by atoms with Gasteiger partial charge in [-0.15, -0.1) is 0 Å². The zero-order valence-corrected chi connectivity index (χ0v) is 16.4. The lowest BCUT2D eigenvalue weighted by Crippen LogP contribution is -2.57. The van der Waals surface area contributed by atoms with E-state index in [0.29, 0.717) is 25.1 Å². The number of nitrogens with zero attached hydrogens (tertiary/aromatic N) is 3. The van der Waals surface area contributed by atoms with Gasteiger partial charge in [0.15, 0.2) is 0 Å². The molecule has 1 saturated heterocycles. The summed E-state index contributed by atoms with van der Waals surface area (Å²) in [6.07, 6.45) is 4.37. The summed E-state index contributed by atoms with van der Waals surface area (Å²) < 4.78 is 0. The van der Waals surface area contributed by atoms with Crippen molar-refractivity contribution in [3.8, 4) is 11.1 Å². The SMILES string of the molecule is CCCC1C(=O)N(C)CCN1C(=O)c1cccc(-c2cnc3c(c2)CCN3)c1. The topological polar surface area (TPSA) is 65.5 Å². The summed E-state index contributed by atoms with van der Waals surface area (Å²) >= 11 is 0. The number of anilines is 1. The number of hydrogen-bond acceptors (Lipinski definition) is 4. The number of carbonyl (C=O) groups is 2. The minimum Gasteiger partial charge on any atom is -0.370 e. The van der Waals surface area contributed by atoms with Crippen LogP contribution in [0.15, 0.2) is 36.5 Å². The molecule has 6 heteroatoms. The summed E-state index contributed by atoms with van der Waals surface area (Å²) in [5.74, 6) is 0.916. The molecular weight excluding hydrogens is 352 g/mol. The van der Waals surface area contributed by atoms with Gasteiger partial charge in [0.1, 0.15) is 11.9 Å². The van der Waals surface area contributed by atoms with E-state index in [-0.39, 0.29) is 17.9 Å². The molecule has 2 aromatic rings. The predicted molar refractivity (Wildman–Crippen MR) is 109 cm³/mol. The van der Waals surface area contributed by atoms with Crippen molar-refractivity contribution in [3.05, 3.63) is 47.7 Å². The van der Waals surface area contributed by atoms with E-state index in [9.17, 15) is 9.59 Å². The minimum absolute atomic E-state index is 0.0351. The van der Waals surface area contributed by atoms with E-state index in [2.05, 4.69) is 16.4 Å². The standard InChI is InChI=1S/C22H26N4O2/c1-3-5-19-22(28)25(2)10-11-26(19)21(27)17-7-4-6-15(12-17)18-13-16-8-9-23-20(16)24-14-18/h4,6-7,12-14,19H,3,5,8-11H2,1-2H3,(H,23,24). The Morgan fingerprint density at radius 3 is 2.93 bits per heavy atom. The molecular formula is C22H26N4O2. The second-order valence-corrected chi connectivity index (χ2v) is 7.55. The first-order chi connectivity index (χ1) is 13.6. The molecule has 0 radical (unpaired) electrons. The highest BCUT2D eigenvalue weighted by atomic mass is 16.2. The Morgan fingerprint density at radius 1 is 1.25 bits per heavy atom. The molecule has 1 atom stereocenters. The molecule has 2 aliphatic rings. The van der Waals surface area contributed by atoms with Crippen molar-refractivity contribution in [3.63, 3.8) is 0 Å². The Morgan fingerprint density at radius 2 is 2.11 bits per heavy atom. The van der Waals surface area contributed by atoms with Crippen molar-refractivity contribution in [1.29, 1.82) is 0 Å². The molecule has 6 nitrogen and oxygen atoms in total. The maximum absolute atomic E-state index is 13.2. The zero-order valence-electron chi connectivity index (χ0n) is 16.4. The van der Waals surface area contributed by atoms with Gasteiger partial charge in [-0.2, -0.15) is 0 Å². The zero-order chi connectivity index (χ0) is 19.7. The van der Waals surface area contributed by atoms with Crippen molar-refractivity contribution >= 4 is 17.6 Å². The number of fused-ring (bicyclic) bond motifs is 1. The molecule has 28 heavy (non-hydrogen) atoms. The second kappa shape index (κ2) is 7.62. The number of benzene rings is 1. The normalized spacial score (nSPS) is 18.8. The average Bonchev–Trinajstić information content (AvgIpc) is 3.19. The summed E-state index contributed by atoms with van der Waals surface area (Å²) in [7, 11) is 1.81. The molecule has 146 valence electrons. The van der Waals surface area contributed by atoms with Gasteiger partial charge in [-0.1, -0.05) is 25.5 Å². The Hall–Kier alpha value is -2.89. The van der Waals surface area contributed by atoms with Gasteiger partial charge < -0.3 is 15.1 Å². The van der Waals surface area contributed by atoms with Gasteiger partial charge in [-0.3, -0.25) is 9.59 Å². The molecule has 0 spiro atoms. The van der Waals surface area contributed by atoms with E-state index in [1.807, 2.05) is 44.4 Å². The van der Waals surface area contributed by atoms with E-state index in [4.69, 9.17) is 0 Å². The third kappa shape index (κ3) is 3.35. The highest BCUT2D eigenvalue weighted by Crippen LogP contribution is 2.27. The fourth-order valence-corrected chi connectivity index (χ4v) is 4.04. The Balaban J connectivity index is 1.61. The molecule has 1 N–H and O–H groups in total. The second-order valence-electron chi connectivity index (χ2n) is 7.55. The average molecular weight is 378 g/mol. The number of pyridine rings is 1. The molecule has 0 bridgehead atoms. The molecule has 1 aromatic carbocycles. The predicted octanol–water partition coefficient (Wildman–Crippen LogP) is 2.80. The molecule has 1 fully saturated rings. The third-order valence-corrected chi connectivity index (χ3v) is 5.63. The Kier molecular flexibility index (Phi) is 5.03.